The van der Waals surface area contributed by atoms with Gasteiger partial charge in [-0.15, -0.1) is 0 Å². The van der Waals surface area contributed by atoms with Crippen LogP contribution in [0.15, 0.2) is 22.7 Å². The Morgan fingerprint density at radius 2 is 2.10 bits per heavy atom. The van der Waals surface area contributed by atoms with E-state index >= 15 is 0 Å². The summed E-state index contributed by atoms with van der Waals surface area (Å²) in [5, 5.41) is 20.7. The number of halogens is 1. The Labute approximate surface area is 130 Å². The highest BCUT2D eigenvalue weighted by molar-refractivity contribution is 9.10. The summed E-state index contributed by atoms with van der Waals surface area (Å²) >= 11 is 3.25. The van der Waals surface area contributed by atoms with Crippen LogP contribution in [0.3, 0.4) is 0 Å². The second-order valence-electron chi connectivity index (χ2n) is 4.93. The molecule has 0 heterocycles. The number of amides is 2. The number of nitrogens with zero attached hydrogens (tertiary/aromatic N) is 1. The highest BCUT2D eigenvalue weighted by Crippen LogP contribution is 2.27. The van der Waals surface area contributed by atoms with Gasteiger partial charge in [-0.3, -0.25) is 0 Å². The van der Waals surface area contributed by atoms with Crippen LogP contribution in [-0.4, -0.2) is 46.3 Å². The lowest BCUT2D eigenvalue weighted by Crippen LogP contribution is -2.47. The molecule has 0 unspecified atom stereocenters. The van der Waals surface area contributed by atoms with Crippen LogP contribution in [0, 0.1) is 0 Å². The minimum atomic E-state index is -1.02. The molecular formula is C14H17BrN2O4. The monoisotopic (exact) mass is 356 g/mol. The van der Waals surface area contributed by atoms with Crippen molar-refractivity contribution in [3.63, 3.8) is 0 Å². The van der Waals surface area contributed by atoms with Crippen LogP contribution in [0.5, 0.6) is 0 Å². The molecule has 0 bridgehead atoms. The summed E-state index contributed by atoms with van der Waals surface area (Å²) in [4.78, 5) is 24.8. The smallest absolute Gasteiger partial charge is 0.335 e. The zero-order chi connectivity index (χ0) is 15.4. The van der Waals surface area contributed by atoms with Crippen molar-refractivity contribution in [2.75, 3.05) is 18.5 Å². The number of benzene rings is 1. The zero-order valence-electron chi connectivity index (χ0n) is 11.4. The highest BCUT2D eigenvalue weighted by Gasteiger charge is 2.28. The first-order valence-corrected chi connectivity index (χ1v) is 7.53. The van der Waals surface area contributed by atoms with Gasteiger partial charge in [-0.2, -0.15) is 0 Å². The lowest BCUT2D eigenvalue weighted by molar-refractivity contribution is 0.0697. The summed E-state index contributed by atoms with van der Waals surface area (Å²) in [5.74, 6) is -1.02. The number of carbonyl (C=O) groups excluding carboxylic acids is 1. The summed E-state index contributed by atoms with van der Waals surface area (Å²) in [6.07, 6.45) is 3.00. The van der Waals surface area contributed by atoms with Crippen molar-refractivity contribution in [1.29, 1.82) is 0 Å². The summed E-state index contributed by atoms with van der Waals surface area (Å²) in [6.45, 7) is 0.213. The van der Waals surface area contributed by atoms with Gasteiger partial charge < -0.3 is 20.4 Å². The van der Waals surface area contributed by atoms with Gasteiger partial charge in [0.05, 0.1) is 17.9 Å². The third-order valence-corrected chi connectivity index (χ3v) is 4.23. The van der Waals surface area contributed by atoms with Gasteiger partial charge in [-0.1, -0.05) is 0 Å². The molecule has 0 aliphatic heterocycles. The second kappa shape index (κ2) is 6.91. The number of nitrogens with one attached hydrogen (secondary N) is 1. The summed E-state index contributed by atoms with van der Waals surface area (Å²) in [5.41, 5.74) is 0.651. The van der Waals surface area contributed by atoms with Crippen molar-refractivity contribution < 1.29 is 19.8 Å². The van der Waals surface area contributed by atoms with Crippen LogP contribution in [0.1, 0.15) is 29.6 Å². The highest BCUT2D eigenvalue weighted by atomic mass is 79.9. The number of hydrogen-bond donors (Lipinski definition) is 3. The Balaban J connectivity index is 2.08. The maximum atomic E-state index is 12.3. The van der Waals surface area contributed by atoms with Gasteiger partial charge >= 0.3 is 12.0 Å². The normalized spacial score (nSPS) is 14.4. The third-order valence-electron chi connectivity index (χ3n) is 3.57. The van der Waals surface area contributed by atoms with E-state index in [0.29, 0.717) is 16.7 Å². The molecule has 114 valence electrons. The van der Waals surface area contributed by atoms with Crippen LogP contribution in [0.2, 0.25) is 0 Å². The quantitative estimate of drug-likeness (QED) is 0.755. The molecule has 1 aliphatic carbocycles. The fraction of sp³-hybridized carbons (Fsp3) is 0.429. The number of hydrogen-bond acceptors (Lipinski definition) is 3. The number of anilines is 1. The SMILES string of the molecule is O=C(O)c1ccc(NC(=O)N(CCO)C2CCC2)c(Br)c1. The summed E-state index contributed by atoms with van der Waals surface area (Å²) < 4.78 is 0.508. The molecule has 7 heteroatoms. The van der Waals surface area contributed by atoms with Crippen LogP contribution < -0.4 is 5.32 Å². The van der Waals surface area contributed by atoms with E-state index in [9.17, 15) is 9.59 Å². The molecule has 2 amide bonds. The van der Waals surface area contributed by atoms with E-state index in [0.717, 1.165) is 19.3 Å². The van der Waals surface area contributed by atoms with Gasteiger partial charge in [-0.05, 0) is 53.4 Å². The van der Waals surface area contributed by atoms with Gasteiger partial charge in [0.25, 0.3) is 0 Å². The number of rotatable bonds is 5. The first-order chi connectivity index (χ1) is 10.0. The lowest BCUT2D eigenvalue weighted by atomic mass is 9.92. The van der Waals surface area contributed by atoms with Crippen molar-refractivity contribution >= 4 is 33.6 Å². The number of carbonyl (C=O) groups is 2. The van der Waals surface area contributed by atoms with E-state index in [1.807, 2.05) is 0 Å². The van der Waals surface area contributed by atoms with Gasteiger partial charge in [0, 0.05) is 17.1 Å². The van der Waals surface area contributed by atoms with Crippen molar-refractivity contribution in [2.45, 2.75) is 25.3 Å². The molecular weight excluding hydrogens is 340 g/mol. The van der Waals surface area contributed by atoms with Gasteiger partial charge in [-0.25, -0.2) is 9.59 Å². The molecule has 1 aromatic rings. The molecule has 0 spiro atoms. The Bertz CT molecular complexity index is 546. The number of aliphatic hydroxyl groups is 1. The van der Waals surface area contributed by atoms with E-state index < -0.39 is 5.97 Å². The van der Waals surface area contributed by atoms with Gasteiger partial charge in [0.15, 0.2) is 0 Å². The topological polar surface area (TPSA) is 89.9 Å². The van der Waals surface area contributed by atoms with Crippen LogP contribution in [0.4, 0.5) is 10.5 Å². The fourth-order valence-electron chi connectivity index (χ4n) is 2.19. The predicted molar refractivity (Wildman–Crippen MR) is 81.6 cm³/mol. The van der Waals surface area contributed by atoms with E-state index in [1.165, 1.54) is 12.1 Å². The van der Waals surface area contributed by atoms with Crippen molar-refractivity contribution in [2.24, 2.45) is 0 Å². The minimum Gasteiger partial charge on any atom is -0.478 e. The Hall–Kier alpha value is -1.60. The Kier molecular flexibility index (Phi) is 5.19. The molecule has 1 aromatic carbocycles. The van der Waals surface area contributed by atoms with E-state index in [2.05, 4.69) is 21.2 Å². The average Bonchev–Trinajstić information content (AvgIpc) is 2.38. The molecule has 0 atom stereocenters. The number of carboxylic acid groups (broad SMARTS) is 1. The predicted octanol–water partition coefficient (Wildman–Crippen LogP) is 2.53. The number of aliphatic hydroxyl groups excluding tert-OH is 1. The molecule has 0 saturated heterocycles. The molecule has 0 radical (unpaired) electrons. The van der Waals surface area contributed by atoms with Crippen molar-refractivity contribution in [3.8, 4) is 0 Å². The molecule has 0 aromatic heterocycles. The Morgan fingerprint density at radius 3 is 2.57 bits per heavy atom. The summed E-state index contributed by atoms with van der Waals surface area (Å²) in [7, 11) is 0. The van der Waals surface area contributed by atoms with Gasteiger partial charge in [0.2, 0.25) is 0 Å². The molecule has 1 saturated carbocycles. The summed E-state index contributed by atoms with van der Waals surface area (Å²) in [6, 6.07) is 4.32. The van der Waals surface area contributed by atoms with Crippen LogP contribution in [-0.2, 0) is 0 Å². The number of urea groups is 1. The van der Waals surface area contributed by atoms with Crippen LogP contribution in [0.25, 0.3) is 0 Å². The fourth-order valence-corrected chi connectivity index (χ4v) is 2.67. The number of aromatic carboxylic acids is 1. The first kappa shape index (κ1) is 15.8. The zero-order valence-corrected chi connectivity index (χ0v) is 13.0. The lowest BCUT2D eigenvalue weighted by Gasteiger charge is -2.37. The molecule has 2 rings (SSSR count). The third kappa shape index (κ3) is 3.74. The molecule has 1 aliphatic rings. The van der Waals surface area contributed by atoms with Gasteiger partial charge in [0.1, 0.15) is 0 Å². The first-order valence-electron chi connectivity index (χ1n) is 6.74. The molecule has 21 heavy (non-hydrogen) atoms. The van der Waals surface area contributed by atoms with E-state index in [1.54, 1.807) is 11.0 Å². The molecule has 1 fully saturated rings. The standard InChI is InChI=1S/C14H17BrN2O4/c15-11-8-9(13(19)20)4-5-12(11)16-14(21)17(6-7-18)10-2-1-3-10/h4-5,8,10,18H,1-3,6-7H2,(H,16,21)(H,19,20). The maximum absolute atomic E-state index is 12.3. The molecule has 6 nitrogen and oxygen atoms in total. The minimum absolute atomic E-state index is 0.0803. The molecule has 3 N–H and O–H groups in total. The van der Waals surface area contributed by atoms with Crippen molar-refractivity contribution in [1.82, 2.24) is 4.90 Å². The van der Waals surface area contributed by atoms with E-state index in [4.69, 9.17) is 10.2 Å². The van der Waals surface area contributed by atoms with Crippen molar-refractivity contribution in [3.05, 3.63) is 28.2 Å². The second-order valence-corrected chi connectivity index (χ2v) is 5.79. The van der Waals surface area contributed by atoms with Crippen LogP contribution >= 0.6 is 15.9 Å². The Morgan fingerprint density at radius 1 is 1.38 bits per heavy atom. The number of carboxylic acids is 1. The average molecular weight is 357 g/mol. The maximum Gasteiger partial charge on any atom is 0.335 e. The van der Waals surface area contributed by atoms with E-state index in [-0.39, 0.29) is 24.2 Å². The largest absolute Gasteiger partial charge is 0.478 e.